The number of imidazole rings is 1. The number of nitrogens with zero attached hydrogens (tertiary/aromatic N) is 2. The molecule has 5 heteroatoms. The highest BCUT2D eigenvalue weighted by molar-refractivity contribution is 7.99. The summed E-state index contributed by atoms with van der Waals surface area (Å²) in [5, 5.41) is 0.908. The maximum atomic E-state index is 5.57. The fourth-order valence-electron chi connectivity index (χ4n) is 1.94. The van der Waals surface area contributed by atoms with E-state index in [1.165, 1.54) is 0 Å². The summed E-state index contributed by atoms with van der Waals surface area (Å²) in [5.74, 6) is 4.76. The number of terminal acetylenes is 1. The first-order chi connectivity index (χ1) is 8.79. The highest BCUT2D eigenvalue weighted by atomic mass is 32.2. The molecule has 0 radical (unpaired) electrons. The van der Waals surface area contributed by atoms with Gasteiger partial charge in [0.2, 0.25) is 0 Å². The molecule has 0 atom stereocenters. The van der Waals surface area contributed by atoms with Gasteiger partial charge in [-0.1, -0.05) is 17.7 Å². The van der Waals surface area contributed by atoms with Gasteiger partial charge in [-0.2, -0.15) is 0 Å². The lowest BCUT2D eigenvalue weighted by Gasteiger charge is -2.17. The minimum absolute atomic E-state index is 0.587. The Bertz CT molecular complexity index is 642. The van der Waals surface area contributed by atoms with Crippen LogP contribution in [0.25, 0.3) is 11.0 Å². The molecule has 0 saturated carbocycles. The first-order valence-corrected chi connectivity index (χ1v) is 6.60. The van der Waals surface area contributed by atoms with E-state index in [2.05, 4.69) is 10.9 Å². The second-order valence-corrected chi connectivity index (χ2v) is 4.87. The predicted molar refractivity (Wildman–Crippen MR) is 71.3 cm³/mol. The summed E-state index contributed by atoms with van der Waals surface area (Å²) in [4.78, 5) is 4.55. The molecule has 0 saturated heterocycles. The van der Waals surface area contributed by atoms with Gasteiger partial charge in [-0.3, -0.25) is 0 Å². The van der Waals surface area contributed by atoms with Crippen LogP contribution in [0, 0.1) is 12.3 Å². The molecule has 3 rings (SSSR count). The van der Waals surface area contributed by atoms with Gasteiger partial charge in [-0.05, 0) is 0 Å². The van der Waals surface area contributed by atoms with Crippen molar-refractivity contribution in [1.29, 1.82) is 0 Å². The Kier molecular flexibility index (Phi) is 2.80. The molecule has 1 aliphatic heterocycles. The van der Waals surface area contributed by atoms with Crippen LogP contribution < -0.4 is 9.47 Å². The molecule has 4 nitrogen and oxygen atoms in total. The fraction of sp³-hybridized carbons (Fsp3) is 0.308. The van der Waals surface area contributed by atoms with Crippen LogP contribution >= 0.6 is 11.8 Å². The summed E-state index contributed by atoms with van der Waals surface area (Å²) >= 11 is 1.55. The Balaban J connectivity index is 2.09. The predicted octanol–water partition coefficient (Wildman–Crippen LogP) is 2.07. The van der Waals surface area contributed by atoms with Crippen molar-refractivity contribution in [2.45, 2.75) is 5.16 Å². The molecule has 2 aromatic rings. The van der Waals surface area contributed by atoms with Crippen molar-refractivity contribution in [2.75, 3.05) is 19.0 Å². The van der Waals surface area contributed by atoms with E-state index in [1.807, 2.05) is 23.7 Å². The van der Waals surface area contributed by atoms with Crippen LogP contribution in [0.15, 0.2) is 17.3 Å². The average Bonchev–Trinajstić information content (AvgIpc) is 2.70. The molecule has 0 unspecified atom stereocenters. The summed E-state index contributed by atoms with van der Waals surface area (Å²) in [7, 11) is 1.98. The number of benzene rings is 1. The molecule has 1 aromatic heterocycles. The second kappa shape index (κ2) is 4.46. The first-order valence-electron chi connectivity index (χ1n) is 5.62. The smallest absolute Gasteiger partial charge is 0.169 e. The zero-order valence-electron chi connectivity index (χ0n) is 9.97. The van der Waals surface area contributed by atoms with Gasteiger partial charge in [0, 0.05) is 19.2 Å². The Morgan fingerprint density at radius 1 is 1.39 bits per heavy atom. The summed E-state index contributed by atoms with van der Waals surface area (Å²) in [6.45, 7) is 1.18. The van der Waals surface area contributed by atoms with Gasteiger partial charge >= 0.3 is 0 Å². The van der Waals surface area contributed by atoms with Gasteiger partial charge in [-0.15, -0.1) is 6.42 Å². The van der Waals surface area contributed by atoms with Crippen molar-refractivity contribution in [2.24, 2.45) is 7.05 Å². The van der Waals surface area contributed by atoms with Crippen molar-refractivity contribution in [3.63, 3.8) is 0 Å². The Morgan fingerprint density at radius 3 is 2.83 bits per heavy atom. The third-order valence-electron chi connectivity index (χ3n) is 2.79. The standard InChI is InChI=1S/C13H12N2O2S/c1-3-6-18-13-14-9-7-11-12(17-5-4-16-11)8-10(9)15(13)2/h1,7-8H,4-6H2,2H3. The molecule has 2 heterocycles. The van der Waals surface area contributed by atoms with Crippen LogP contribution in [-0.2, 0) is 7.05 Å². The van der Waals surface area contributed by atoms with Gasteiger partial charge < -0.3 is 14.0 Å². The second-order valence-electron chi connectivity index (χ2n) is 3.93. The number of rotatable bonds is 2. The zero-order chi connectivity index (χ0) is 12.5. The van der Waals surface area contributed by atoms with Crippen molar-refractivity contribution in [1.82, 2.24) is 9.55 Å². The van der Waals surface area contributed by atoms with Crippen molar-refractivity contribution >= 4 is 22.8 Å². The van der Waals surface area contributed by atoms with Crippen LogP contribution in [-0.4, -0.2) is 28.5 Å². The topological polar surface area (TPSA) is 36.3 Å². The molecule has 0 fully saturated rings. The molecule has 1 aromatic carbocycles. The van der Waals surface area contributed by atoms with Gasteiger partial charge in [0.15, 0.2) is 16.7 Å². The van der Waals surface area contributed by atoms with Gasteiger partial charge in [0.25, 0.3) is 0 Å². The fourth-order valence-corrected chi connectivity index (χ4v) is 2.61. The van der Waals surface area contributed by atoms with Crippen LogP contribution in [0.3, 0.4) is 0 Å². The summed E-state index contributed by atoms with van der Waals surface area (Å²) < 4.78 is 13.1. The van der Waals surface area contributed by atoms with Crippen LogP contribution in [0.4, 0.5) is 0 Å². The maximum absolute atomic E-state index is 5.57. The van der Waals surface area contributed by atoms with Crippen LogP contribution in [0.1, 0.15) is 0 Å². The molecule has 0 N–H and O–H groups in total. The Morgan fingerprint density at radius 2 is 2.11 bits per heavy atom. The molecular formula is C13H12N2O2S. The molecule has 1 aliphatic rings. The third kappa shape index (κ3) is 1.79. The van der Waals surface area contributed by atoms with E-state index in [0.717, 1.165) is 27.7 Å². The number of hydrogen-bond donors (Lipinski definition) is 0. The van der Waals surface area contributed by atoms with E-state index in [-0.39, 0.29) is 0 Å². The van der Waals surface area contributed by atoms with Gasteiger partial charge in [0.1, 0.15) is 13.2 Å². The minimum atomic E-state index is 0.587. The van der Waals surface area contributed by atoms with E-state index >= 15 is 0 Å². The Labute approximate surface area is 109 Å². The monoisotopic (exact) mass is 260 g/mol. The summed E-state index contributed by atoms with van der Waals surface area (Å²) in [5.41, 5.74) is 1.93. The quantitative estimate of drug-likeness (QED) is 0.612. The molecule has 0 amide bonds. The van der Waals surface area contributed by atoms with Crippen molar-refractivity contribution < 1.29 is 9.47 Å². The number of aromatic nitrogens is 2. The Hall–Kier alpha value is -1.80. The molecule has 92 valence electrons. The van der Waals surface area contributed by atoms with Crippen LogP contribution in [0.5, 0.6) is 11.5 Å². The zero-order valence-corrected chi connectivity index (χ0v) is 10.8. The minimum Gasteiger partial charge on any atom is -0.486 e. The van der Waals surface area contributed by atoms with E-state index in [1.54, 1.807) is 11.8 Å². The SMILES string of the molecule is C#CCSc1nc2cc3c(cc2n1C)OCCO3. The average molecular weight is 260 g/mol. The van der Waals surface area contributed by atoms with Crippen LogP contribution in [0.2, 0.25) is 0 Å². The lowest BCUT2D eigenvalue weighted by molar-refractivity contribution is 0.172. The van der Waals surface area contributed by atoms with Gasteiger partial charge in [0.05, 0.1) is 16.8 Å². The molecular weight excluding hydrogens is 248 g/mol. The summed E-state index contributed by atoms with van der Waals surface area (Å²) in [6, 6.07) is 3.89. The number of aryl methyl sites for hydroxylation is 1. The number of hydrogen-bond acceptors (Lipinski definition) is 4. The molecule has 0 spiro atoms. The largest absolute Gasteiger partial charge is 0.486 e. The first kappa shape index (κ1) is 11.3. The van der Waals surface area contributed by atoms with Crippen molar-refractivity contribution in [3.05, 3.63) is 12.1 Å². The van der Waals surface area contributed by atoms with E-state index in [0.29, 0.717) is 19.0 Å². The van der Waals surface area contributed by atoms with E-state index in [9.17, 15) is 0 Å². The molecule has 0 aliphatic carbocycles. The number of fused-ring (bicyclic) bond motifs is 2. The molecule has 0 bridgehead atoms. The molecule has 18 heavy (non-hydrogen) atoms. The van der Waals surface area contributed by atoms with E-state index < -0.39 is 0 Å². The maximum Gasteiger partial charge on any atom is 0.169 e. The summed E-state index contributed by atoms with van der Waals surface area (Å²) in [6.07, 6.45) is 5.27. The lowest BCUT2D eigenvalue weighted by atomic mass is 10.2. The van der Waals surface area contributed by atoms with Crippen molar-refractivity contribution in [3.8, 4) is 23.8 Å². The van der Waals surface area contributed by atoms with E-state index in [4.69, 9.17) is 15.9 Å². The van der Waals surface area contributed by atoms with Gasteiger partial charge in [-0.25, -0.2) is 4.98 Å². The highest BCUT2D eigenvalue weighted by Gasteiger charge is 2.16. The number of ether oxygens (including phenoxy) is 2. The highest BCUT2D eigenvalue weighted by Crippen LogP contribution is 2.35. The number of thioether (sulfide) groups is 1. The third-order valence-corrected chi connectivity index (χ3v) is 3.72. The lowest BCUT2D eigenvalue weighted by Crippen LogP contribution is -2.15. The normalized spacial score (nSPS) is 13.6.